The van der Waals surface area contributed by atoms with Gasteiger partial charge in [-0.1, -0.05) is 25.1 Å². The van der Waals surface area contributed by atoms with Gasteiger partial charge in [-0.2, -0.15) is 0 Å². The van der Waals surface area contributed by atoms with Gasteiger partial charge in [-0.15, -0.1) is 0 Å². The Bertz CT molecular complexity index is 367. The number of para-hydroxylation sites is 1. The molecular formula is C15H23NO. The van der Waals surface area contributed by atoms with E-state index in [2.05, 4.69) is 19.1 Å². The summed E-state index contributed by atoms with van der Waals surface area (Å²) in [5, 5.41) is 0. The molecule has 0 bridgehead atoms. The van der Waals surface area contributed by atoms with Crippen LogP contribution in [-0.2, 0) is 5.41 Å². The molecule has 1 aliphatic rings. The summed E-state index contributed by atoms with van der Waals surface area (Å²) in [6.45, 7) is 3.06. The van der Waals surface area contributed by atoms with E-state index in [1.807, 2.05) is 12.1 Å². The van der Waals surface area contributed by atoms with Gasteiger partial charge in [0.1, 0.15) is 5.75 Å². The van der Waals surface area contributed by atoms with Crippen molar-refractivity contribution in [2.24, 2.45) is 11.7 Å². The Morgan fingerprint density at radius 2 is 1.94 bits per heavy atom. The smallest absolute Gasteiger partial charge is 0.122 e. The summed E-state index contributed by atoms with van der Waals surface area (Å²) < 4.78 is 5.50. The van der Waals surface area contributed by atoms with Crippen LogP contribution in [0.4, 0.5) is 0 Å². The maximum absolute atomic E-state index is 6.08. The summed E-state index contributed by atoms with van der Waals surface area (Å²) >= 11 is 0. The van der Waals surface area contributed by atoms with E-state index in [1.54, 1.807) is 7.11 Å². The van der Waals surface area contributed by atoms with Crippen molar-refractivity contribution in [2.45, 2.75) is 38.0 Å². The molecule has 2 heteroatoms. The van der Waals surface area contributed by atoms with Crippen LogP contribution in [0.1, 0.15) is 38.2 Å². The maximum atomic E-state index is 6.08. The second-order valence-corrected chi connectivity index (χ2v) is 5.37. The fourth-order valence-corrected chi connectivity index (χ4v) is 2.98. The van der Waals surface area contributed by atoms with E-state index in [9.17, 15) is 0 Å². The zero-order valence-electron chi connectivity index (χ0n) is 10.9. The number of benzene rings is 1. The first-order valence-electron chi connectivity index (χ1n) is 6.55. The highest BCUT2D eigenvalue weighted by Crippen LogP contribution is 2.43. The Morgan fingerprint density at radius 1 is 1.29 bits per heavy atom. The van der Waals surface area contributed by atoms with Crippen LogP contribution in [0.2, 0.25) is 0 Å². The molecule has 2 rings (SSSR count). The highest BCUT2D eigenvalue weighted by molar-refractivity contribution is 5.40. The SMILES string of the molecule is COc1ccccc1C1(CN)CCC(C)CC1. The van der Waals surface area contributed by atoms with Gasteiger partial charge in [0.15, 0.2) is 0 Å². The van der Waals surface area contributed by atoms with Crippen molar-refractivity contribution in [3.05, 3.63) is 29.8 Å². The van der Waals surface area contributed by atoms with E-state index >= 15 is 0 Å². The van der Waals surface area contributed by atoms with Crippen molar-refractivity contribution in [2.75, 3.05) is 13.7 Å². The van der Waals surface area contributed by atoms with Crippen LogP contribution in [0.15, 0.2) is 24.3 Å². The van der Waals surface area contributed by atoms with Gasteiger partial charge in [-0.05, 0) is 37.7 Å². The molecule has 2 nitrogen and oxygen atoms in total. The molecule has 0 spiro atoms. The molecule has 1 fully saturated rings. The van der Waals surface area contributed by atoms with E-state index < -0.39 is 0 Å². The van der Waals surface area contributed by atoms with Gasteiger partial charge < -0.3 is 10.5 Å². The third-order valence-corrected chi connectivity index (χ3v) is 4.30. The highest BCUT2D eigenvalue weighted by Gasteiger charge is 2.36. The molecule has 0 amide bonds. The number of rotatable bonds is 3. The van der Waals surface area contributed by atoms with Crippen LogP contribution >= 0.6 is 0 Å². The van der Waals surface area contributed by atoms with Crippen LogP contribution in [0, 0.1) is 5.92 Å². The Hall–Kier alpha value is -1.02. The van der Waals surface area contributed by atoms with Crippen LogP contribution < -0.4 is 10.5 Å². The molecule has 1 aromatic carbocycles. The maximum Gasteiger partial charge on any atom is 0.122 e. The molecular weight excluding hydrogens is 210 g/mol. The van der Waals surface area contributed by atoms with E-state index in [1.165, 1.54) is 31.2 Å². The molecule has 0 aliphatic heterocycles. The van der Waals surface area contributed by atoms with Gasteiger partial charge in [0.05, 0.1) is 7.11 Å². The van der Waals surface area contributed by atoms with Crippen LogP contribution in [0.25, 0.3) is 0 Å². The first-order chi connectivity index (χ1) is 8.22. The molecule has 1 saturated carbocycles. The second kappa shape index (κ2) is 5.09. The molecule has 0 atom stereocenters. The number of hydrogen-bond donors (Lipinski definition) is 1. The van der Waals surface area contributed by atoms with Crippen molar-refractivity contribution in [3.8, 4) is 5.75 Å². The Balaban J connectivity index is 2.34. The minimum Gasteiger partial charge on any atom is -0.496 e. The van der Waals surface area contributed by atoms with Gasteiger partial charge in [0, 0.05) is 17.5 Å². The largest absolute Gasteiger partial charge is 0.496 e. The molecule has 0 unspecified atom stereocenters. The van der Waals surface area contributed by atoms with Crippen LogP contribution in [0.5, 0.6) is 5.75 Å². The first kappa shape index (κ1) is 12.4. The van der Waals surface area contributed by atoms with Crippen LogP contribution in [-0.4, -0.2) is 13.7 Å². The lowest BCUT2D eigenvalue weighted by Gasteiger charge is -2.39. The monoisotopic (exact) mass is 233 g/mol. The predicted molar refractivity (Wildman–Crippen MR) is 71.4 cm³/mol. The summed E-state index contributed by atoms with van der Waals surface area (Å²) in [5.74, 6) is 1.83. The molecule has 0 heterocycles. The zero-order chi connectivity index (χ0) is 12.3. The molecule has 0 saturated heterocycles. The fraction of sp³-hybridized carbons (Fsp3) is 0.600. The van der Waals surface area contributed by atoms with Crippen molar-refractivity contribution >= 4 is 0 Å². The lowest BCUT2D eigenvalue weighted by atomic mass is 9.67. The number of ether oxygens (including phenoxy) is 1. The molecule has 94 valence electrons. The summed E-state index contributed by atoms with van der Waals surface area (Å²) in [4.78, 5) is 0. The molecule has 2 N–H and O–H groups in total. The second-order valence-electron chi connectivity index (χ2n) is 5.37. The highest BCUT2D eigenvalue weighted by atomic mass is 16.5. The van der Waals surface area contributed by atoms with Crippen LogP contribution in [0.3, 0.4) is 0 Å². The van der Waals surface area contributed by atoms with Crippen molar-refractivity contribution in [1.29, 1.82) is 0 Å². The minimum atomic E-state index is 0.138. The fourth-order valence-electron chi connectivity index (χ4n) is 2.98. The third kappa shape index (κ3) is 2.32. The summed E-state index contributed by atoms with van der Waals surface area (Å²) in [6.07, 6.45) is 4.92. The summed E-state index contributed by atoms with van der Waals surface area (Å²) in [5.41, 5.74) is 7.52. The average Bonchev–Trinajstić information content (AvgIpc) is 2.40. The van der Waals surface area contributed by atoms with E-state index in [-0.39, 0.29) is 5.41 Å². The van der Waals surface area contributed by atoms with Crippen molar-refractivity contribution in [1.82, 2.24) is 0 Å². The minimum absolute atomic E-state index is 0.138. The molecule has 17 heavy (non-hydrogen) atoms. The van der Waals surface area contributed by atoms with Gasteiger partial charge in [-0.25, -0.2) is 0 Å². The average molecular weight is 233 g/mol. The zero-order valence-corrected chi connectivity index (χ0v) is 10.9. The van der Waals surface area contributed by atoms with Gasteiger partial charge in [0.2, 0.25) is 0 Å². The number of nitrogens with two attached hydrogens (primary N) is 1. The Labute approximate surface area is 104 Å². The standard InChI is InChI=1S/C15H23NO/c1-12-7-9-15(11-16,10-8-12)13-5-3-4-6-14(13)17-2/h3-6,12H,7-11,16H2,1-2H3. The van der Waals surface area contributed by atoms with Gasteiger partial charge >= 0.3 is 0 Å². The molecule has 0 radical (unpaired) electrons. The van der Waals surface area contributed by atoms with E-state index in [4.69, 9.17) is 10.5 Å². The summed E-state index contributed by atoms with van der Waals surface area (Å²) in [6, 6.07) is 8.34. The number of methoxy groups -OCH3 is 1. The lowest BCUT2D eigenvalue weighted by Crippen LogP contribution is -2.38. The van der Waals surface area contributed by atoms with E-state index in [0.29, 0.717) is 0 Å². The van der Waals surface area contributed by atoms with Crippen molar-refractivity contribution in [3.63, 3.8) is 0 Å². The third-order valence-electron chi connectivity index (χ3n) is 4.30. The summed E-state index contributed by atoms with van der Waals surface area (Å²) in [7, 11) is 1.74. The van der Waals surface area contributed by atoms with Gasteiger partial charge in [0.25, 0.3) is 0 Å². The Morgan fingerprint density at radius 3 is 2.53 bits per heavy atom. The molecule has 1 aromatic rings. The number of hydrogen-bond acceptors (Lipinski definition) is 2. The van der Waals surface area contributed by atoms with Crippen molar-refractivity contribution < 1.29 is 4.74 Å². The topological polar surface area (TPSA) is 35.2 Å². The predicted octanol–water partition coefficient (Wildman–Crippen LogP) is 3.10. The Kier molecular flexibility index (Phi) is 3.72. The lowest BCUT2D eigenvalue weighted by molar-refractivity contribution is 0.241. The molecule has 0 aromatic heterocycles. The normalized spacial score (nSPS) is 29.0. The molecule has 1 aliphatic carbocycles. The van der Waals surface area contributed by atoms with E-state index in [0.717, 1.165) is 18.2 Å². The van der Waals surface area contributed by atoms with Gasteiger partial charge in [-0.3, -0.25) is 0 Å². The first-order valence-corrected chi connectivity index (χ1v) is 6.55. The quantitative estimate of drug-likeness (QED) is 0.870.